The average Bonchev–Trinajstić information content (AvgIpc) is 2.92. The minimum absolute atomic E-state index is 0.0672. The van der Waals surface area contributed by atoms with Crippen molar-refractivity contribution in [3.05, 3.63) is 64.7 Å². The van der Waals surface area contributed by atoms with E-state index in [-0.39, 0.29) is 24.8 Å². The lowest BCUT2D eigenvalue weighted by atomic mass is 9.89. The van der Waals surface area contributed by atoms with E-state index >= 15 is 0 Å². The molecular formula is C32H45N5O5. The molecule has 10 heteroatoms. The van der Waals surface area contributed by atoms with Gasteiger partial charge in [0, 0.05) is 37.8 Å². The van der Waals surface area contributed by atoms with Crippen molar-refractivity contribution in [2.45, 2.75) is 66.7 Å². The molecule has 3 rings (SSSR count). The highest BCUT2D eigenvalue weighted by molar-refractivity contribution is 5.97. The number of hydrogen-bond donors (Lipinski definition) is 3. The molecule has 0 saturated carbocycles. The third-order valence-electron chi connectivity index (χ3n) is 5.87. The van der Waals surface area contributed by atoms with Crippen LogP contribution in [0.25, 0.3) is 0 Å². The number of likely N-dealkylation sites (tertiary alicyclic amines) is 1. The predicted molar refractivity (Wildman–Crippen MR) is 164 cm³/mol. The largest absolute Gasteiger partial charge is 0.469 e. The van der Waals surface area contributed by atoms with Gasteiger partial charge < -0.3 is 26.0 Å². The molecule has 0 radical (unpaired) electrons. The summed E-state index contributed by atoms with van der Waals surface area (Å²) in [6.07, 6.45) is 1.80. The minimum Gasteiger partial charge on any atom is -0.469 e. The number of ether oxygens (including phenoxy) is 1. The van der Waals surface area contributed by atoms with Crippen molar-refractivity contribution >= 4 is 29.5 Å². The molecular weight excluding hydrogens is 534 g/mol. The number of carbonyl (C=O) groups excluding carboxylic acids is 4. The number of urea groups is 1. The number of methoxy groups -OCH3 is 1. The average molecular weight is 580 g/mol. The van der Waals surface area contributed by atoms with E-state index in [1.54, 1.807) is 18.2 Å². The van der Waals surface area contributed by atoms with Gasteiger partial charge >= 0.3 is 12.0 Å². The van der Waals surface area contributed by atoms with Crippen LogP contribution in [0.15, 0.2) is 42.5 Å². The third-order valence-corrected chi connectivity index (χ3v) is 5.87. The van der Waals surface area contributed by atoms with Crippen LogP contribution in [0.4, 0.5) is 10.5 Å². The first-order valence-corrected chi connectivity index (χ1v) is 13.9. The molecule has 2 aromatic carbocycles. The first kappa shape index (κ1) is 35.6. The number of nitrogens with one attached hydrogen (secondary N) is 2. The number of nitrogens with zero attached hydrogens (tertiary/aromatic N) is 2. The number of amides is 4. The number of rotatable bonds is 6. The molecule has 1 saturated heterocycles. The van der Waals surface area contributed by atoms with E-state index in [4.69, 9.17) is 5.26 Å². The third kappa shape index (κ3) is 14.3. The number of carbonyl (C=O) groups is 4. The van der Waals surface area contributed by atoms with E-state index in [2.05, 4.69) is 54.9 Å². The Morgan fingerprint density at radius 2 is 1.60 bits per heavy atom. The Morgan fingerprint density at radius 3 is 2.10 bits per heavy atom. The number of aryl methyl sites for hydroxylation is 1. The molecule has 1 heterocycles. The van der Waals surface area contributed by atoms with Crippen molar-refractivity contribution in [3.63, 3.8) is 0 Å². The highest BCUT2D eigenvalue weighted by Crippen LogP contribution is 2.29. The lowest BCUT2D eigenvalue weighted by Gasteiger charge is -2.32. The molecule has 1 fully saturated rings. The van der Waals surface area contributed by atoms with Crippen LogP contribution in [0.2, 0.25) is 0 Å². The maximum Gasteiger partial charge on any atom is 0.319 e. The van der Waals surface area contributed by atoms with Crippen LogP contribution >= 0.6 is 0 Å². The number of nitrogens with two attached hydrogens (primary N) is 1. The van der Waals surface area contributed by atoms with Crippen molar-refractivity contribution < 1.29 is 23.9 Å². The molecule has 1 aliphatic heterocycles. The molecule has 0 aliphatic carbocycles. The normalized spacial score (nSPS) is 12.8. The van der Waals surface area contributed by atoms with Gasteiger partial charge in [-0.2, -0.15) is 5.26 Å². The van der Waals surface area contributed by atoms with Gasteiger partial charge in [-0.25, -0.2) is 4.79 Å². The maximum atomic E-state index is 13.1. The number of nitriles is 1. The summed E-state index contributed by atoms with van der Waals surface area (Å²) in [7, 11) is 1.30. The van der Waals surface area contributed by atoms with Crippen molar-refractivity contribution in [1.82, 2.24) is 10.2 Å². The van der Waals surface area contributed by atoms with Crippen LogP contribution in [-0.2, 0) is 14.3 Å². The molecule has 42 heavy (non-hydrogen) atoms. The second-order valence-corrected chi connectivity index (χ2v) is 11.6. The second-order valence-electron chi connectivity index (χ2n) is 11.6. The zero-order valence-corrected chi connectivity index (χ0v) is 25.9. The van der Waals surface area contributed by atoms with Crippen molar-refractivity contribution in [2.24, 2.45) is 11.1 Å². The standard InChI is InChI=1S/C25H28N4O4.C5H12.C2H5NO/c1-17-3-6-21(15-22(17)28-25(32)27-12-9-23(30)33-2)24(31)29-13-10-20(11-14-29)19-7-4-18(16-26)5-8-19;1-5(2,3)4;1-2(3)4/h3-8,15,20H,9-14H2,1-2H3,(H2,27,28,32);1-4H3;1H3,(H2,3,4). The van der Waals surface area contributed by atoms with Crippen LogP contribution < -0.4 is 16.4 Å². The number of esters is 1. The summed E-state index contributed by atoms with van der Waals surface area (Å²) >= 11 is 0. The van der Waals surface area contributed by atoms with Crippen molar-refractivity contribution in [2.75, 3.05) is 32.1 Å². The smallest absolute Gasteiger partial charge is 0.319 e. The first-order chi connectivity index (χ1) is 19.6. The monoisotopic (exact) mass is 579 g/mol. The van der Waals surface area contributed by atoms with E-state index in [9.17, 15) is 19.2 Å². The van der Waals surface area contributed by atoms with Crippen LogP contribution in [-0.4, -0.2) is 55.5 Å². The van der Waals surface area contributed by atoms with Gasteiger partial charge in [-0.1, -0.05) is 45.9 Å². The van der Waals surface area contributed by atoms with E-state index in [1.165, 1.54) is 19.6 Å². The molecule has 10 nitrogen and oxygen atoms in total. The summed E-state index contributed by atoms with van der Waals surface area (Å²) < 4.78 is 4.55. The van der Waals surface area contributed by atoms with Gasteiger partial charge in [0.15, 0.2) is 0 Å². The van der Waals surface area contributed by atoms with Gasteiger partial charge in [-0.05, 0) is 66.5 Å². The zero-order chi connectivity index (χ0) is 31.9. The van der Waals surface area contributed by atoms with E-state index in [1.807, 2.05) is 36.1 Å². The topological polar surface area (TPSA) is 155 Å². The Balaban J connectivity index is 0.000000856. The maximum absolute atomic E-state index is 13.1. The van der Waals surface area contributed by atoms with E-state index in [0.717, 1.165) is 18.4 Å². The lowest BCUT2D eigenvalue weighted by molar-refractivity contribution is -0.140. The number of piperidine rings is 1. The highest BCUT2D eigenvalue weighted by atomic mass is 16.5. The summed E-state index contributed by atoms with van der Waals surface area (Å²) in [6.45, 7) is 13.4. The number of anilines is 1. The Morgan fingerprint density at radius 1 is 1.05 bits per heavy atom. The summed E-state index contributed by atoms with van der Waals surface area (Å²) in [5.41, 5.74) is 8.70. The van der Waals surface area contributed by atoms with Gasteiger partial charge in [0.2, 0.25) is 5.91 Å². The fourth-order valence-electron chi connectivity index (χ4n) is 3.86. The zero-order valence-electron chi connectivity index (χ0n) is 25.9. The molecule has 0 spiro atoms. The quantitative estimate of drug-likeness (QED) is 0.404. The fourth-order valence-corrected chi connectivity index (χ4v) is 3.86. The SMILES string of the molecule is CC(C)(C)C.CC(N)=O.COC(=O)CCNC(=O)Nc1cc(C(=O)N2CCC(c3ccc(C#N)cc3)CC2)ccc1C. The van der Waals surface area contributed by atoms with Crippen molar-refractivity contribution in [1.29, 1.82) is 5.26 Å². The van der Waals surface area contributed by atoms with Gasteiger partial charge in [-0.3, -0.25) is 14.4 Å². The highest BCUT2D eigenvalue weighted by Gasteiger charge is 2.25. The summed E-state index contributed by atoms with van der Waals surface area (Å²) in [5, 5.41) is 14.3. The molecule has 4 amide bonds. The Kier molecular flexibility index (Phi) is 14.8. The summed E-state index contributed by atoms with van der Waals surface area (Å²) in [6, 6.07) is 14.6. The van der Waals surface area contributed by atoms with Crippen LogP contribution in [0, 0.1) is 23.7 Å². The van der Waals surface area contributed by atoms with Crippen LogP contribution in [0.1, 0.15) is 86.8 Å². The molecule has 0 bridgehead atoms. The summed E-state index contributed by atoms with van der Waals surface area (Å²) in [5.74, 6) is -0.435. The van der Waals surface area contributed by atoms with E-state index in [0.29, 0.717) is 41.2 Å². The predicted octanol–water partition coefficient (Wildman–Crippen LogP) is 5.12. The Hall–Kier alpha value is -4.39. The van der Waals surface area contributed by atoms with Gasteiger partial charge in [0.1, 0.15) is 0 Å². The van der Waals surface area contributed by atoms with Crippen LogP contribution in [0.5, 0.6) is 0 Å². The molecule has 228 valence electrons. The summed E-state index contributed by atoms with van der Waals surface area (Å²) in [4.78, 5) is 47.4. The number of benzene rings is 2. The van der Waals surface area contributed by atoms with Crippen LogP contribution in [0.3, 0.4) is 0 Å². The second kappa shape index (κ2) is 17.4. The lowest BCUT2D eigenvalue weighted by Crippen LogP contribution is -2.38. The van der Waals surface area contributed by atoms with Crippen molar-refractivity contribution in [3.8, 4) is 6.07 Å². The molecule has 0 aromatic heterocycles. The molecule has 4 N–H and O–H groups in total. The molecule has 2 aromatic rings. The fraction of sp³-hybridized carbons (Fsp3) is 0.469. The van der Waals surface area contributed by atoms with Gasteiger partial charge in [0.25, 0.3) is 5.91 Å². The molecule has 0 atom stereocenters. The minimum atomic E-state index is -0.449. The Labute approximate surface area is 249 Å². The van der Waals surface area contributed by atoms with Gasteiger partial charge in [-0.15, -0.1) is 0 Å². The number of primary amides is 1. The molecule has 1 aliphatic rings. The van der Waals surface area contributed by atoms with E-state index < -0.39 is 12.0 Å². The van der Waals surface area contributed by atoms with Gasteiger partial charge in [0.05, 0.1) is 25.2 Å². The Bertz CT molecular complexity index is 1230. The molecule has 0 unspecified atom stereocenters. The number of hydrogen-bond acceptors (Lipinski definition) is 6. The first-order valence-electron chi connectivity index (χ1n) is 13.9.